The highest BCUT2D eigenvalue weighted by molar-refractivity contribution is 7.09. The number of anilines is 1. The van der Waals surface area contributed by atoms with Gasteiger partial charge < -0.3 is 39.8 Å². The van der Waals surface area contributed by atoms with E-state index in [-0.39, 0.29) is 25.1 Å². The number of aliphatic hydroxyl groups excluding tert-OH is 1. The number of amides is 1. The second kappa shape index (κ2) is 17.4. The lowest BCUT2D eigenvalue weighted by Gasteiger charge is -2.36. The van der Waals surface area contributed by atoms with Gasteiger partial charge in [0, 0.05) is 74.5 Å². The molecule has 4 N–H and O–H groups in total. The number of alkyl carbamates (subject to hydrolysis) is 1. The molecule has 15 heteroatoms. The molecule has 1 aromatic carbocycles. The number of fused-ring (bicyclic) bond motifs is 1. The maximum atomic E-state index is 13.0. The van der Waals surface area contributed by atoms with Gasteiger partial charge in [-0.15, -0.1) is 0 Å². The third-order valence-electron chi connectivity index (χ3n) is 10.8. The number of ether oxygens (including phenoxy) is 3. The van der Waals surface area contributed by atoms with Crippen molar-refractivity contribution in [2.24, 2.45) is 11.1 Å². The molecule has 1 saturated carbocycles. The molecule has 1 saturated heterocycles. The van der Waals surface area contributed by atoms with Crippen molar-refractivity contribution < 1.29 is 28.9 Å². The Morgan fingerprint density at radius 3 is 2.42 bits per heavy atom. The summed E-state index contributed by atoms with van der Waals surface area (Å²) in [6.07, 6.45) is 4.14. The molecule has 6 rings (SSSR count). The van der Waals surface area contributed by atoms with Crippen LogP contribution in [0, 0.1) is 5.41 Å². The number of nitrogens with two attached hydrogens (primary N) is 1. The van der Waals surface area contributed by atoms with Gasteiger partial charge in [-0.05, 0) is 108 Å². The molecule has 2 fully saturated rings. The van der Waals surface area contributed by atoms with Crippen molar-refractivity contribution >= 4 is 40.2 Å². The lowest BCUT2D eigenvalue weighted by molar-refractivity contribution is -0.146. The van der Waals surface area contributed by atoms with Crippen LogP contribution in [0.2, 0.25) is 0 Å². The Balaban J connectivity index is 1.42. The normalized spacial score (nSPS) is 17.1. The highest BCUT2D eigenvalue weighted by Crippen LogP contribution is 2.43. The van der Waals surface area contributed by atoms with Gasteiger partial charge in [-0.25, -0.2) is 14.6 Å². The van der Waals surface area contributed by atoms with E-state index in [9.17, 15) is 14.7 Å². The van der Waals surface area contributed by atoms with Gasteiger partial charge in [0.1, 0.15) is 10.6 Å². The molecule has 2 aliphatic rings. The number of benzene rings is 1. The Hall–Kier alpha value is -4.15. The number of aromatic nitrogens is 4. The van der Waals surface area contributed by atoms with E-state index in [1.165, 1.54) is 12.8 Å². The highest BCUT2D eigenvalue weighted by atomic mass is 32.1. The van der Waals surface area contributed by atoms with E-state index in [1.54, 1.807) is 34.8 Å². The third-order valence-corrected chi connectivity index (χ3v) is 11.5. The maximum Gasteiger partial charge on any atom is 0.408 e. The number of nitrogens with zero attached hydrogens (tertiary/aromatic N) is 6. The molecule has 0 spiro atoms. The van der Waals surface area contributed by atoms with Crippen LogP contribution in [0.4, 0.5) is 10.5 Å². The molecule has 3 atom stereocenters. The molecule has 2 unspecified atom stereocenters. The van der Waals surface area contributed by atoms with E-state index >= 15 is 0 Å². The van der Waals surface area contributed by atoms with Gasteiger partial charge in [-0.1, -0.05) is 13.8 Å². The number of hydrogen-bond acceptors (Lipinski definition) is 13. The van der Waals surface area contributed by atoms with Crippen molar-refractivity contribution in [3.63, 3.8) is 0 Å². The summed E-state index contributed by atoms with van der Waals surface area (Å²) in [4.78, 5) is 40.7. The van der Waals surface area contributed by atoms with Gasteiger partial charge in [-0.3, -0.25) is 9.88 Å². The van der Waals surface area contributed by atoms with Crippen LogP contribution in [-0.4, -0.2) is 105 Å². The fourth-order valence-electron chi connectivity index (χ4n) is 7.55. The number of piperazine rings is 1. The molecule has 14 nitrogen and oxygen atoms in total. The Labute approximate surface area is 340 Å². The molecule has 0 radical (unpaired) electrons. The largest absolute Gasteiger partial charge is 0.464 e. The SMILES string of the molecule is CCOC(=O)C(NC(=O)OC(C)(C)C)C(N)c1nsc(-c2ccc3c(c2)c(CC(C)(C)CO)c(-c2cc(N4CCN(C5CC5)CC4)cnc2[C@H](C)OC)n3CC)n1. The minimum Gasteiger partial charge on any atom is -0.464 e. The minimum absolute atomic E-state index is 0.00638. The number of nitrogens with one attached hydrogen (secondary N) is 1. The van der Waals surface area contributed by atoms with E-state index in [1.807, 2.05) is 19.2 Å². The molecule has 57 heavy (non-hydrogen) atoms. The van der Waals surface area contributed by atoms with Crippen LogP contribution in [0.5, 0.6) is 0 Å². The molecule has 4 heterocycles. The summed E-state index contributed by atoms with van der Waals surface area (Å²) in [5.41, 5.74) is 12.4. The quantitative estimate of drug-likeness (QED) is 0.116. The Morgan fingerprint density at radius 2 is 1.81 bits per heavy atom. The number of aryl methyl sites for hydroxylation is 1. The van der Waals surface area contributed by atoms with Gasteiger partial charge in [0.25, 0.3) is 0 Å². The van der Waals surface area contributed by atoms with Crippen molar-refractivity contribution in [1.29, 1.82) is 0 Å². The number of pyridine rings is 1. The molecule has 310 valence electrons. The topological polar surface area (TPSA) is 170 Å². The molecule has 1 aliphatic carbocycles. The fraction of sp³-hybridized carbons (Fsp3) is 0.595. The highest BCUT2D eigenvalue weighted by Gasteiger charge is 2.35. The first-order valence-electron chi connectivity index (χ1n) is 20.1. The minimum atomic E-state index is -1.27. The summed E-state index contributed by atoms with van der Waals surface area (Å²) in [5, 5.41) is 14.8. The van der Waals surface area contributed by atoms with E-state index in [2.05, 4.69) is 63.0 Å². The number of methoxy groups -OCH3 is 1. The molecular formula is C42H60N8O6S. The zero-order valence-electron chi connectivity index (χ0n) is 34.9. The lowest BCUT2D eigenvalue weighted by atomic mass is 9.84. The zero-order chi connectivity index (χ0) is 41.2. The van der Waals surface area contributed by atoms with Crippen LogP contribution in [0.3, 0.4) is 0 Å². The van der Waals surface area contributed by atoms with E-state index in [0.717, 1.165) is 88.4 Å². The number of esters is 1. The van der Waals surface area contributed by atoms with Gasteiger partial charge in [0.2, 0.25) is 0 Å². The number of aliphatic hydroxyl groups is 1. The molecule has 1 amide bonds. The molecule has 4 aromatic rings. The van der Waals surface area contributed by atoms with Gasteiger partial charge in [0.15, 0.2) is 11.9 Å². The van der Waals surface area contributed by atoms with Crippen molar-refractivity contribution in [2.75, 3.05) is 51.4 Å². The smallest absolute Gasteiger partial charge is 0.408 e. The Kier molecular flexibility index (Phi) is 12.9. The van der Waals surface area contributed by atoms with Gasteiger partial charge in [-0.2, -0.15) is 4.37 Å². The van der Waals surface area contributed by atoms with Crippen LogP contribution in [0.25, 0.3) is 32.7 Å². The van der Waals surface area contributed by atoms with Crippen molar-refractivity contribution in [3.05, 3.63) is 47.5 Å². The number of carbonyl (C=O) groups excluding carboxylic acids is 2. The van der Waals surface area contributed by atoms with Gasteiger partial charge >= 0.3 is 12.1 Å². The Bertz CT molecular complexity index is 2050. The molecular weight excluding hydrogens is 745 g/mol. The zero-order valence-corrected chi connectivity index (χ0v) is 35.7. The maximum absolute atomic E-state index is 13.0. The summed E-state index contributed by atoms with van der Waals surface area (Å²) in [6, 6.07) is 6.91. The second-order valence-electron chi connectivity index (χ2n) is 16.9. The average molecular weight is 805 g/mol. The van der Waals surface area contributed by atoms with Gasteiger partial charge in [0.05, 0.1) is 42.0 Å². The number of carbonyl (C=O) groups is 2. The summed E-state index contributed by atoms with van der Waals surface area (Å²) >= 11 is 1.16. The van der Waals surface area contributed by atoms with Crippen molar-refractivity contribution in [3.8, 4) is 21.8 Å². The summed E-state index contributed by atoms with van der Waals surface area (Å²) in [6.45, 7) is 20.0. The van der Waals surface area contributed by atoms with Crippen molar-refractivity contribution in [1.82, 2.24) is 29.1 Å². The number of hydrogen-bond donors (Lipinski definition) is 3. The molecule has 0 bridgehead atoms. The average Bonchev–Trinajstić information content (AvgIpc) is 3.84. The predicted molar refractivity (Wildman–Crippen MR) is 223 cm³/mol. The number of rotatable bonds is 15. The van der Waals surface area contributed by atoms with E-state index in [4.69, 9.17) is 29.9 Å². The second-order valence-corrected chi connectivity index (χ2v) is 17.7. The summed E-state index contributed by atoms with van der Waals surface area (Å²) in [5.74, 6) is -0.517. The summed E-state index contributed by atoms with van der Waals surface area (Å²) in [7, 11) is 1.71. The fourth-order valence-corrected chi connectivity index (χ4v) is 8.26. The standard InChI is InChI=1S/C42H60N8O6S/c1-10-50-32-15-12-26(38-46-37(47-57-38)33(43)35(39(52)55-11-2)45-40(53)56-41(4,5)6)20-29(32)31(22-42(7,8)24-51)36(50)30-21-28(23-44-34(30)25(3)54-9)49-18-16-48(17-19-49)27-13-14-27/h12,15,20-21,23,25,27,33,35,51H,10-11,13-14,16-19,22,24,43H2,1-9H3,(H,45,53)/t25-,33?,35?/m0/s1. The molecule has 1 aliphatic heterocycles. The predicted octanol–water partition coefficient (Wildman–Crippen LogP) is 6.25. The van der Waals surface area contributed by atoms with E-state index < -0.39 is 35.2 Å². The van der Waals surface area contributed by atoms with Crippen molar-refractivity contribution in [2.45, 2.75) is 111 Å². The first-order valence-corrected chi connectivity index (χ1v) is 20.9. The lowest BCUT2D eigenvalue weighted by Crippen LogP contribution is -2.50. The first kappa shape index (κ1) is 42.5. The van der Waals surface area contributed by atoms with Crippen LogP contribution in [-0.2, 0) is 32.0 Å². The van der Waals surface area contributed by atoms with E-state index in [0.29, 0.717) is 18.0 Å². The third kappa shape index (κ3) is 9.60. The van der Waals surface area contributed by atoms with Crippen LogP contribution >= 0.6 is 11.5 Å². The first-order chi connectivity index (χ1) is 27.1. The summed E-state index contributed by atoms with van der Waals surface area (Å²) < 4.78 is 23.4. The van der Waals surface area contributed by atoms with Crippen LogP contribution < -0.4 is 16.0 Å². The van der Waals surface area contributed by atoms with Crippen LogP contribution in [0.15, 0.2) is 30.5 Å². The Morgan fingerprint density at radius 1 is 1.09 bits per heavy atom. The van der Waals surface area contributed by atoms with Crippen LogP contribution in [0.1, 0.15) is 97.5 Å². The molecule has 3 aromatic heterocycles. The monoisotopic (exact) mass is 804 g/mol.